The van der Waals surface area contributed by atoms with Crippen LogP contribution in [0.4, 0.5) is 15.8 Å². The average Bonchev–Trinajstić information content (AvgIpc) is 3.26. The Bertz CT molecular complexity index is 1060. The highest BCUT2D eigenvalue weighted by molar-refractivity contribution is 6.36. The Labute approximate surface area is 181 Å². The van der Waals surface area contributed by atoms with Crippen LogP contribution in [-0.4, -0.2) is 49.2 Å². The Hall–Kier alpha value is -2.90. The summed E-state index contributed by atoms with van der Waals surface area (Å²) in [5, 5.41) is 6.22. The lowest BCUT2D eigenvalue weighted by Gasteiger charge is -2.35. The van der Waals surface area contributed by atoms with Crippen molar-refractivity contribution in [3.8, 4) is 0 Å². The molecule has 1 fully saturated rings. The molecular formula is C24H26FN3O3. The molecule has 5 rings (SSSR count). The summed E-state index contributed by atoms with van der Waals surface area (Å²) >= 11 is 0. The number of nitrogens with zero attached hydrogens (tertiary/aromatic N) is 1. The van der Waals surface area contributed by atoms with E-state index in [0.29, 0.717) is 29.2 Å². The summed E-state index contributed by atoms with van der Waals surface area (Å²) in [5.74, 6) is -0.0879. The van der Waals surface area contributed by atoms with Crippen molar-refractivity contribution in [1.29, 1.82) is 0 Å². The molecule has 3 heterocycles. The van der Waals surface area contributed by atoms with E-state index in [1.54, 1.807) is 6.07 Å². The Morgan fingerprint density at radius 1 is 1.13 bits per heavy atom. The van der Waals surface area contributed by atoms with Crippen LogP contribution in [0.3, 0.4) is 0 Å². The van der Waals surface area contributed by atoms with Gasteiger partial charge in [-0.05, 0) is 50.2 Å². The molecule has 0 spiro atoms. The molecule has 162 valence electrons. The van der Waals surface area contributed by atoms with Gasteiger partial charge >= 0.3 is 0 Å². The van der Waals surface area contributed by atoms with Gasteiger partial charge in [-0.15, -0.1) is 0 Å². The first-order chi connectivity index (χ1) is 15.0. The van der Waals surface area contributed by atoms with Crippen molar-refractivity contribution in [2.75, 3.05) is 36.8 Å². The number of halogens is 1. The van der Waals surface area contributed by atoms with Gasteiger partial charge < -0.3 is 20.1 Å². The molecule has 0 saturated carbocycles. The van der Waals surface area contributed by atoms with Crippen molar-refractivity contribution < 1.29 is 18.7 Å². The van der Waals surface area contributed by atoms with Crippen molar-refractivity contribution in [2.24, 2.45) is 0 Å². The van der Waals surface area contributed by atoms with Gasteiger partial charge in [0.1, 0.15) is 18.2 Å². The van der Waals surface area contributed by atoms with Crippen LogP contribution in [-0.2, 0) is 20.9 Å². The van der Waals surface area contributed by atoms with E-state index in [4.69, 9.17) is 9.47 Å². The summed E-state index contributed by atoms with van der Waals surface area (Å²) in [4.78, 5) is 15.0. The first kappa shape index (κ1) is 20.0. The van der Waals surface area contributed by atoms with E-state index >= 15 is 0 Å². The topological polar surface area (TPSA) is 62.8 Å². The summed E-state index contributed by atoms with van der Waals surface area (Å²) in [6.07, 6.45) is 0.531. The maximum Gasteiger partial charge on any atom is 0.260 e. The van der Waals surface area contributed by atoms with Gasteiger partial charge in [0.05, 0.1) is 23.5 Å². The van der Waals surface area contributed by atoms with Crippen LogP contribution in [0.1, 0.15) is 30.5 Å². The van der Waals surface area contributed by atoms with Gasteiger partial charge in [-0.3, -0.25) is 9.69 Å². The van der Waals surface area contributed by atoms with E-state index in [0.717, 1.165) is 43.0 Å². The molecule has 1 amide bonds. The number of fused-ring (bicyclic) bond motifs is 2. The van der Waals surface area contributed by atoms with Crippen LogP contribution in [0.25, 0.3) is 11.3 Å². The SMILES string of the molecule is CC1CN(CCNc2ccc3c(c2)COC3=C2C(=O)Nc3cc(F)ccc32)CC(C)O1. The number of hydrogen-bond donors (Lipinski definition) is 2. The zero-order chi connectivity index (χ0) is 21.5. The second-order valence-corrected chi connectivity index (χ2v) is 8.45. The second kappa shape index (κ2) is 7.98. The van der Waals surface area contributed by atoms with E-state index < -0.39 is 0 Å². The van der Waals surface area contributed by atoms with Gasteiger partial charge in [-0.2, -0.15) is 0 Å². The number of carbonyl (C=O) groups is 1. The zero-order valence-corrected chi connectivity index (χ0v) is 17.7. The number of rotatable bonds is 4. The average molecular weight is 423 g/mol. The molecule has 31 heavy (non-hydrogen) atoms. The highest BCUT2D eigenvalue weighted by Gasteiger charge is 2.32. The van der Waals surface area contributed by atoms with E-state index in [9.17, 15) is 9.18 Å². The number of ether oxygens (including phenoxy) is 2. The van der Waals surface area contributed by atoms with Crippen molar-refractivity contribution in [2.45, 2.75) is 32.7 Å². The molecular weight excluding hydrogens is 397 g/mol. The zero-order valence-electron chi connectivity index (χ0n) is 17.7. The molecule has 0 aliphatic carbocycles. The quantitative estimate of drug-likeness (QED) is 0.735. The molecule has 0 aromatic heterocycles. The predicted octanol–water partition coefficient (Wildman–Crippen LogP) is 3.70. The molecule has 3 aliphatic heterocycles. The first-order valence-electron chi connectivity index (χ1n) is 10.7. The van der Waals surface area contributed by atoms with Gasteiger partial charge in [-0.25, -0.2) is 4.39 Å². The summed E-state index contributed by atoms with van der Waals surface area (Å²) in [6, 6.07) is 10.4. The lowest BCUT2D eigenvalue weighted by Crippen LogP contribution is -2.46. The maximum atomic E-state index is 13.5. The first-order valence-corrected chi connectivity index (χ1v) is 10.7. The molecule has 2 unspecified atom stereocenters. The second-order valence-electron chi connectivity index (χ2n) is 8.45. The van der Waals surface area contributed by atoms with Gasteiger partial charge in [0, 0.05) is 48.6 Å². The summed E-state index contributed by atoms with van der Waals surface area (Å²) in [5.41, 5.74) is 4.58. The highest BCUT2D eigenvalue weighted by atomic mass is 19.1. The van der Waals surface area contributed by atoms with Crippen LogP contribution in [0.5, 0.6) is 0 Å². The summed E-state index contributed by atoms with van der Waals surface area (Å²) < 4.78 is 25.2. The number of carbonyl (C=O) groups excluding carboxylic acids is 1. The number of anilines is 2. The van der Waals surface area contributed by atoms with Crippen LogP contribution in [0.15, 0.2) is 36.4 Å². The summed E-state index contributed by atoms with van der Waals surface area (Å²) in [6.45, 7) is 8.34. The minimum atomic E-state index is -0.380. The molecule has 2 atom stereocenters. The smallest absolute Gasteiger partial charge is 0.260 e. The van der Waals surface area contributed by atoms with E-state index in [1.807, 2.05) is 12.1 Å². The largest absolute Gasteiger partial charge is 0.487 e. The number of nitrogens with one attached hydrogen (secondary N) is 2. The lowest BCUT2D eigenvalue weighted by atomic mass is 10.00. The fraction of sp³-hybridized carbons (Fsp3) is 0.375. The van der Waals surface area contributed by atoms with E-state index in [-0.39, 0.29) is 23.9 Å². The number of hydrogen-bond acceptors (Lipinski definition) is 5. The van der Waals surface area contributed by atoms with Crippen molar-refractivity contribution in [3.63, 3.8) is 0 Å². The molecule has 3 aliphatic rings. The molecule has 0 bridgehead atoms. The Morgan fingerprint density at radius 3 is 2.71 bits per heavy atom. The Balaban J connectivity index is 1.31. The molecule has 7 heteroatoms. The van der Waals surface area contributed by atoms with Gasteiger partial charge in [0.15, 0.2) is 0 Å². The fourth-order valence-corrected chi connectivity index (χ4v) is 4.67. The molecule has 2 N–H and O–H groups in total. The molecule has 2 aromatic rings. The molecule has 1 saturated heterocycles. The standard InChI is InChI=1S/C24H26FN3O3/c1-14-11-28(12-15(2)31-14)8-7-26-18-4-6-19-16(9-18)13-30-23(19)22-20-5-3-17(25)10-21(20)27-24(22)29/h3-6,9-10,14-15,26H,7-8,11-13H2,1-2H3,(H,27,29). The number of benzene rings is 2. The van der Waals surface area contributed by atoms with E-state index in [1.165, 1.54) is 12.1 Å². The third-order valence-electron chi connectivity index (χ3n) is 5.93. The maximum absolute atomic E-state index is 13.5. The Morgan fingerprint density at radius 2 is 1.90 bits per heavy atom. The third kappa shape index (κ3) is 3.91. The van der Waals surface area contributed by atoms with Crippen molar-refractivity contribution >= 4 is 28.6 Å². The van der Waals surface area contributed by atoms with Crippen molar-refractivity contribution in [1.82, 2.24) is 4.90 Å². The third-order valence-corrected chi connectivity index (χ3v) is 5.93. The van der Waals surface area contributed by atoms with E-state index in [2.05, 4.69) is 35.4 Å². The number of morpholine rings is 1. The minimum absolute atomic E-state index is 0.264. The van der Waals surface area contributed by atoms with Crippen LogP contribution in [0, 0.1) is 5.82 Å². The molecule has 6 nitrogen and oxygen atoms in total. The predicted molar refractivity (Wildman–Crippen MR) is 118 cm³/mol. The Kier molecular flexibility index (Phi) is 5.16. The van der Waals surface area contributed by atoms with Crippen molar-refractivity contribution in [3.05, 3.63) is 58.9 Å². The van der Waals surface area contributed by atoms with Gasteiger partial charge in [0.25, 0.3) is 5.91 Å². The lowest BCUT2D eigenvalue weighted by molar-refractivity contribution is -0.110. The minimum Gasteiger partial charge on any atom is -0.487 e. The van der Waals surface area contributed by atoms with Crippen LogP contribution >= 0.6 is 0 Å². The number of amides is 1. The monoisotopic (exact) mass is 423 g/mol. The fourth-order valence-electron chi connectivity index (χ4n) is 4.67. The van der Waals surface area contributed by atoms with Gasteiger partial charge in [0.2, 0.25) is 0 Å². The van der Waals surface area contributed by atoms with Gasteiger partial charge in [-0.1, -0.05) is 0 Å². The van der Waals surface area contributed by atoms with Crippen LogP contribution in [0.2, 0.25) is 0 Å². The highest BCUT2D eigenvalue weighted by Crippen LogP contribution is 2.42. The summed E-state index contributed by atoms with van der Waals surface area (Å²) in [7, 11) is 0. The normalized spacial score (nSPS) is 25.1. The molecule has 2 aromatic carbocycles. The molecule has 0 radical (unpaired) electrons. The van der Waals surface area contributed by atoms with Crippen LogP contribution < -0.4 is 10.6 Å².